The number of hydrogen-bond acceptors (Lipinski definition) is 16. The molecule has 73 heavy (non-hydrogen) atoms. The number of rotatable bonds is 28. The molecule has 0 bridgehead atoms. The summed E-state index contributed by atoms with van der Waals surface area (Å²) in [6.45, 7) is 13.8. The summed E-state index contributed by atoms with van der Waals surface area (Å²) < 4.78 is 47.5. The molecule has 0 radical (unpaired) electrons. The number of aryl methyl sites for hydroxylation is 2. The predicted octanol–water partition coefficient (Wildman–Crippen LogP) is 2.10. The first-order chi connectivity index (χ1) is 34.2. The molecule has 0 aliphatic heterocycles. The Bertz CT molecular complexity index is 2650. The zero-order valence-electron chi connectivity index (χ0n) is 42.5. The number of carboxylic acids is 1. The fourth-order valence-electron chi connectivity index (χ4n) is 7.21. The summed E-state index contributed by atoms with van der Waals surface area (Å²) in [4.78, 5) is 95.5. The maximum atomic E-state index is 13.6. The van der Waals surface area contributed by atoms with Crippen LogP contribution in [-0.4, -0.2) is 137 Å². The third-order valence-corrected chi connectivity index (χ3v) is 12.2. The summed E-state index contributed by atoms with van der Waals surface area (Å²) in [5, 5.41) is 28.5. The number of aromatic amines is 1. The number of carbonyl (C=O) groups excluding carboxylic acids is 6. The van der Waals surface area contributed by atoms with Gasteiger partial charge in [0.15, 0.2) is 5.95 Å². The number of sulfonamides is 1. The van der Waals surface area contributed by atoms with Gasteiger partial charge in [0.2, 0.25) is 27.7 Å². The van der Waals surface area contributed by atoms with Crippen molar-refractivity contribution in [2.24, 2.45) is 5.73 Å². The van der Waals surface area contributed by atoms with Gasteiger partial charge >= 0.3 is 17.9 Å². The number of nitrogens with one attached hydrogen (secondary N) is 7. The largest absolute Gasteiger partial charge is 0.494 e. The molecule has 4 amide bonds. The zero-order chi connectivity index (χ0) is 54.1. The van der Waals surface area contributed by atoms with Crippen molar-refractivity contribution in [2.75, 3.05) is 38.1 Å². The molecule has 3 atom stereocenters. The van der Waals surface area contributed by atoms with Crippen LogP contribution in [-0.2, 0) is 54.8 Å². The van der Waals surface area contributed by atoms with Crippen molar-refractivity contribution in [3.63, 3.8) is 0 Å². The van der Waals surface area contributed by atoms with E-state index in [9.17, 15) is 47.1 Å². The number of esters is 2. The van der Waals surface area contributed by atoms with E-state index in [1.807, 2.05) is 0 Å². The second-order valence-electron chi connectivity index (χ2n) is 19.1. The molecule has 3 unspecified atom stereocenters. The number of hydrogen-bond donors (Lipinski definition) is 9. The molecule has 4 aromatic rings. The predicted molar refractivity (Wildman–Crippen MR) is 268 cm³/mol. The normalized spacial score (nSPS) is 13.0. The van der Waals surface area contributed by atoms with E-state index in [0.29, 0.717) is 30.2 Å². The Morgan fingerprint density at radius 3 is 2.08 bits per heavy atom. The molecule has 0 fully saturated rings. The Morgan fingerprint density at radius 2 is 1.47 bits per heavy atom. The Morgan fingerprint density at radius 1 is 0.822 bits per heavy atom. The number of carboxylic acid groups (broad SMARTS) is 1. The van der Waals surface area contributed by atoms with Gasteiger partial charge in [0, 0.05) is 68.8 Å². The maximum Gasteiger partial charge on any atom is 0.323 e. The molecular formula is C48H69N11O13S. The number of anilines is 1. The van der Waals surface area contributed by atoms with Crippen molar-refractivity contribution >= 4 is 68.4 Å². The van der Waals surface area contributed by atoms with Gasteiger partial charge in [-0.1, -0.05) is 0 Å². The van der Waals surface area contributed by atoms with E-state index in [1.165, 1.54) is 26.0 Å². The highest BCUT2D eigenvalue weighted by molar-refractivity contribution is 7.89. The van der Waals surface area contributed by atoms with Gasteiger partial charge in [0.05, 0.1) is 35.8 Å². The number of benzene rings is 2. The van der Waals surface area contributed by atoms with Gasteiger partial charge in [-0.2, -0.15) is 9.82 Å². The van der Waals surface area contributed by atoms with Crippen LogP contribution in [0.3, 0.4) is 0 Å². The standard InChI is InChI=1S/C48H69N11O13S/c1-29-24-33(70-23-9-10-38(60)50-17-18-51-44(65)35(13-16-40(62)72-48(6,7)8)57-43(64)34(49)12-15-39(61)71-47(3,4)5)25-30(2)41(29)73(68,69)58-36(45(66)67)28-55-42(63)31-11-14-37-32(26-31)27-56-59(37)22-21-54-46-52-19-20-53-46/h11,14,19-20,24-27,34-36,58H,9-10,12-13,15-18,21-23,28,49H2,1-8H3,(H,50,60)(H,51,65)(H,55,63)(H,57,64)(H,66,67)(H2,52,53,54). The number of ether oxygens (including phenoxy) is 3. The van der Waals surface area contributed by atoms with Crippen molar-refractivity contribution in [1.29, 1.82) is 0 Å². The van der Waals surface area contributed by atoms with Crippen LogP contribution in [0.1, 0.15) is 102 Å². The van der Waals surface area contributed by atoms with Gasteiger partial charge in [-0.05, 0) is 116 Å². The lowest BCUT2D eigenvalue weighted by molar-refractivity contribution is -0.156. The third kappa shape index (κ3) is 19.8. The highest BCUT2D eigenvalue weighted by Crippen LogP contribution is 2.26. The van der Waals surface area contributed by atoms with Gasteiger partial charge in [-0.25, -0.2) is 13.4 Å². The first kappa shape index (κ1) is 58.5. The molecule has 400 valence electrons. The van der Waals surface area contributed by atoms with E-state index in [0.717, 1.165) is 5.52 Å². The monoisotopic (exact) mass is 1040 g/mol. The van der Waals surface area contributed by atoms with Crippen molar-refractivity contribution in [3.8, 4) is 5.75 Å². The van der Waals surface area contributed by atoms with Gasteiger partial charge in [0.1, 0.15) is 29.0 Å². The van der Waals surface area contributed by atoms with E-state index < -0.39 is 81.5 Å². The molecule has 10 N–H and O–H groups in total. The summed E-state index contributed by atoms with van der Waals surface area (Å²) in [6, 6.07) is 3.77. The molecule has 0 saturated carbocycles. The molecule has 0 saturated heterocycles. The number of carbonyl (C=O) groups is 7. The molecule has 0 spiro atoms. The molecule has 0 aliphatic carbocycles. The molecule has 24 nitrogen and oxygen atoms in total. The van der Waals surface area contributed by atoms with Crippen LogP contribution in [0.2, 0.25) is 0 Å². The highest BCUT2D eigenvalue weighted by Gasteiger charge is 2.30. The molecular weight excluding hydrogens is 971 g/mol. The van der Waals surface area contributed by atoms with Gasteiger partial charge in [-0.3, -0.25) is 38.2 Å². The lowest BCUT2D eigenvalue weighted by atomic mass is 10.1. The van der Waals surface area contributed by atoms with Crippen molar-refractivity contribution in [2.45, 2.75) is 135 Å². The van der Waals surface area contributed by atoms with Gasteiger partial charge in [0.25, 0.3) is 5.91 Å². The SMILES string of the molecule is Cc1cc(OCCCC(=O)NCCNC(=O)C(CCC(=O)OC(C)(C)C)NC(=O)C(N)CCC(=O)OC(C)(C)C)cc(C)c1S(=O)(=O)NC(CNC(=O)c1ccc2c(cnn2CCNc2ncc[nH]2)c1)C(=O)O. The van der Waals surface area contributed by atoms with E-state index in [1.54, 1.807) is 83.0 Å². The second-order valence-corrected chi connectivity index (χ2v) is 20.8. The molecule has 2 heterocycles. The molecule has 25 heteroatoms. The lowest BCUT2D eigenvalue weighted by Gasteiger charge is -2.23. The minimum absolute atomic E-state index is 0.0206. The number of aliphatic carboxylic acids is 1. The summed E-state index contributed by atoms with van der Waals surface area (Å²) in [7, 11) is -4.43. The van der Waals surface area contributed by atoms with Crippen molar-refractivity contribution in [1.82, 2.24) is 45.7 Å². The Labute approximate surface area is 424 Å². The Hall–Kier alpha value is -7.12. The summed E-state index contributed by atoms with van der Waals surface area (Å²) in [5.74, 6) is -4.01. The smallest absolute Gasteiger partial charge is 0.323 e. The van der Waals surface area contributed by atoms with Gasteiger partial charge < -0.3 is 56.6 Å². The number of H-pyrrole nitrogens is 1. The fourth-order valence-corrected chi connectivity index (χ4v) is 8.85. The van der Waals surface area contributed by atoms with Crippen LogP contribution < -0.4 is 41.8 Å². The Balaban J connectivity index is 1.21. The van der Waals surface area contributed by atoms with Crippen LogP contribution in [0.5, 0.6) is 5.75 Å². The molecule has 4 rings (SSSR count). The number of imidazole rings is 1. The summed E-state index contributed by atoms with van der Waals surface area (Å²) in [5.41, 5.74) is 6.03. The number of nitrogens with two attached hydrogens (primary N) is 1. The van der Waals surface area contributed by atoms with Crippen LogP contribution in [0.4, 0.5) is 5.95 Å². The fraction of sp³-hybridized carbons (Fsp3) is 0.521. The number of fused-ring (bicyclic) bond motifs is 1. The third-order valence-electron chi connectivity index (χ3n) is 10.5. The van der Waals surface area contributed by atoms with E-state index in [-0.39, 0.29) is 85.7 Å². The first-order valence-corrected chi connectivity index (χ1v) is 25.2. The topological polar surface area (TPSA) is 346 Å². The van der Waals surface area contributed by atoms with Crippen molar-refractivity contribution < 1.29 is 61.3 Å². The van der Waals surface area contributed by atoms with Gasteiger partial charge in [-0.15, -0.1) is 0 Å². The number of amides is 4. The zero-order valence-corrected chi connectivity index (χ0v) is 43.3. The summed E-state index contributed by atoms with van der Waals surface area (Å²) >= 11 is 0. The Kier molecular flexibility index (Phi) is 21.2. The lowest BCUT2D eigenvalue weighted by Crippen LogP contribution is -2.52. The average Bonchev–Trinajstić information content (AvgIpc) is 3.96. The summed E-state index contributed by atoms with van der Waals surface area (Å²) in [6.07, 6.45) is 4.75. The average molecular weight is 1040 g/mol. The van der Waals surface area contributed by atoms with E-state index in [2.05, 4.69) is 46.4 Å². The van der Waals surface area contributed by atoms with E-state index >= 15 is 0 Å². The van der Waals surface area contributed by atoms with Crippen LogP contribution in [0.25, 0.3) is 10.9 Å². The van der Waals surface area contributed by atoms with Crippen molar-refractivity contribution in [3.05, 3.63) is 65.6 Å². The number of aromatic nitrogens is 4. The molecule has 2 aromatic carbocycles. The van der Waals surface area contributed by atoms with E-state index in [4.69, 9.17) is 19.9 Å². The second kappa shape index (κ2) is 26.5. The van der Waals surface area contributed by atoms with Crippen LogP contribution in [0, 0.1) is 13.8 Å². The minimum atomic E-state index is -4.43. The minimum Gasteiger partial charge on any atom is -0.494 e. The first-order valence-electron chi connectivity index (χ1n) is 23.7. The molecule has 2 aromatic heterocycles. The highest BCUT2D eigenvalue weighted by atomic mass is 32.2. The molecule has 0 aliphatic rings. The van der Waals surface area contributed by atoms with Crippen LogP contribution >= 0.6 is 0 Å². The number of nitrogens with zero attached hydrogens (tertiary/aromatic N) is 3. The van der Waals surface area contributed by atoms with Crippen LogP contribution in [0.15, 0.2) is 53.8 Å². The quantitative estimate of drug-likeness (QED) is 0.0290. The maximum absolute atomic E-state index is 13.6.